The first-order chi connectivity index (χ1) is 29.0. The molecule has 10 N–H and O–H groups in total. The van der Waals surface area contributed by atoms with Crippen LogP contribution in [-0.2, 0) is 49.6 Å². The molecule has 0 bridgehead atoms. The molecule has 0 radical (unpaired) electrons. The average Bonchev–Trinajstić information content (AvgIpc) is 3.70. The van der Waals surface area contributed by atoms with Crippen LogP contribution in [0, 0.1) is 23.7 Å². The van der Waals surface area contributed by atoms with Crippen LogP contribution in [0.25, 0.3) is 0 Å². The molecule has 2 rings (SSSR count). The summed E-state index contributed by atoms with van der Waals surface area (Å²) in [5.41, 5.74) is 6.43. The quantitative estimate of drug-likeness (QED) is 0.0684. The molecular weight excluding hydrogens is 805 g/mol. The lowest BCUT2D eigenvalue weighted by Crippen LogP contribution is -2.61. The predicted octanol–water partition coefficient (Wildman–Crippen LogP) is 0.440. The molecule has 19 heteroatoms. The highest BCUT2D eigenvalue weighted by atomic mass is 16.4. The summed E-state index contributed by atoms with van der Waals surface area (Å²) in [4.78, 5) is 119. The molecule has 1 aromatic rings. The van der Waals surface area contributed by atoms with E-state index >= 15 is 0 Å². The number of carbonyl (C=O) groups excluding carboxylic acids is 7. The number of hydrogen-bond donors (Lipinski definition) is 9. The van der Waals surface area contributed by atoms with E-state index in [1.807, 2.05) is 13.8 Å². The molecule has 0 spiro atoms. The Balaban J connectivity index is 2.27. The van der Waals surface area contributed by atoms with Crippen molar-refractivity contribution in [2.45, 2.75) is 149 Å². The summed E-state index contributed by atoms with van der Waals surface area (Å²) < 4.78 is 0. The summed E-state index contributed by atoms with van der Waals surface area (Å²) in [6, 6.07) is -0.686. The van der Waals surface area contributed by atoms with Gasteiger partial charge >= 0.3 is 11.9 Å². The average molecular weight is 873 g/mol. The number of carbonyl (C=O) groups is 9. The van der Waals surface area contributed by atoms with Crippen molar-refractivity contribution in [2.75, 3.05) is 6.54 Å². The lowest BCUT2D eigenvalue weighted by atomic mass is 9.96. The minimum Gasteiger partial charge on any atom is -0.481 e. The number of carboxylic acid groups (broad SMARTS) is 2. The third-order valence-corrected chi connectivity index (χ3v) is 10.8. The van der Waals surface area contributed by atoms with Crippen LogP contribution < -0.4 is 37.6 Å². The van der Waals surface area contributed by atoms with Crippen molar-refractivity contribution in [2.24, 2.45) is 29.4 Å². The molecule has 1 aromatic carbocycles. The standard InChI is InChI=1S/C43H68N8O11/c1-10-25(8)35(50-37(55)28(44)21-32(52)53)41(59)47-30(20-27-15-12-11-13-16-27)39(57)46-29(19-22(2)3)38(56)45-26(9)36(54)48-33(23(4)5)40(58)49-34(24(6)7)42(60)51-18-14-17-31(51)43(61)62/h11-13,15-16,22-26,28-31,33-35H,10,14,17-21,44H2,1-9H3,(H,45,56)(H,46,57)(H,47,59)(H,48,54)(H,49,58)(H,50,55)(H,52,53)(H,61,62)/t25-,26-,28-,29-,30-,31-,33-,34-,35-/m0/s1. The molecule has 0 unspecified atom stereocenters. The van der Waals surface area contributed by atoms with Gasteiger partial charge in [-0.2, -0.15) is 0 Å². The molecule has 0 aromatic heterocycles. The van der Waals surface area contributed by atoms with Gasteiger partial charge in [0.2, 0.25) is 41.4 Å². The molecular formula is C43H68N8O11. The zero-order valence-corrected chi connectivity index (χ0v) is 37.4. The third kappa shape index (κ3) is 16.0. The van der Waals surface area contributed by atoms with Gasteiger partial charge in [-0.05, 0) is 55.4 Å². The van der Waals surface area contributed by atoms with Crippen LogP contribution in [0.15, 0.2) is 30.3 Å². The highest BCUT2D eigenvalue weighted by molar-refractivity contribution is 5.98. The van der Waals surface area contributed by atoms with Gasteiger partial charge in [-0.3, -0.25) is 38.4 Å². The fourth-order valence-electron chi connectivity index (χ4n) is 6.95. The number of nitrogens with zero attached hydrogens (tertiary/aromatic N) is 1. The normalized spacial score (nSPS) is 17.7. The second kappa shape index (κ2) is 24.8. The number of rotatable bonds is 24. The van der Waals surface area contributed by atoms with Crippen molar-refractivity contribution in [1.29, 1.82) is 0 Å². The zero-order valence-electron chi connectivity index (χ0n) is 37.4. The molecule has 1 aliphatic rings. The summed E-state index contributed by atoms with van der Waals surface area (Å²) >= 11 is 0. The molecule has 1 fully saturated rings. The SMILES string of the molecule is CC[C@H](C)[C@H](NC(=O)[C@@H](N)CC(=O)O)C(=O)N[C@@H](Cc1ccccc1)C(=O)N[C@@H](CC(C)C)C(=O)N[C@@H](C)C(=O)N[C@H](C(=O)N[C@H](C(=O)N1CCC[C@H]1C(=O)O)C(C)C)C(C)C. The van der Waals surface area contributed by atoms with Gasteiger partial charge in [-0.1, -0.05) is 92.1 Å². The largest absolute Gasteiger partial charge is 0.481 e. The molecule has 62 heavy (non-hydrogen) atoms. The first-order valence-corrected chi connectivity index (χ1v) is 21.4. The lowest BCUT2D eigenvalue weighted by Gasteiger charge is -2.31. The Hall–Kier alpha value is -5.59. The van der Waals surface area contributed by atoms with E-state index in [-0.39, 0.29) is 25.3 Å². The molecule has 9 atom stereocenters. The van der Waals surface area contributed by atoms with Crippen LogP contribution in [0.3, 0.4) is 0 Å². The lowest BCUT2D eigenvalue weighted by molar-refractivity contribution is -0.150. The number of nitrogens with one attached hydrogen (secondary N) is 6. The fourth-order valence-corrected chi connectivity index (χ4v) is 6.95. The van der Waals surface area contributed by atoms with Crippen molar-refractivity contribution in [3.8, 4) is 0 Å². The Kier molecular flexibility index (Phi) is 21.0. The van der Waals surface area contributed by atoms with Crippen molar-refractivity contribution in [1.82, 2.24) is 36.8 Å². The Morgan fingerprint density at radius 2 is 1.21 bits per heavy atom. The van der Waals surface area contributed by atoms with Gasteiger partial charge in [0.15, 0.2) is 0 Å². The third-order valence-electron chi connectivity index (χ3n) is 10.8. The first kappa shape index (κ1) is 52.5. The summed E-state index contributed by atoms with van der Waals surface area (Å²) in [5.74, 6) is -8.84. The van der Waals surface area contributed by atoms with Crippen LogP contribution in [0.1, 0.15) is 100.0 Å². The van der Waals surface area contributed by atoms with Gasteiger partial charge in [0.05, 0.1) is 12.5 Å². The van der Waals surface area contributed by atoms with Gasteiger partial charge in [0.25, 0.3) is 0 Å². The molecule has 1 aliphatic heterocycles. The van der Waals surface area contributed by atoms with Gasteiger partial charge in [0, 0.05) is 13.0 Å². The second-order valence-corrected chi connectivity index (χ2v) is 17.2. The van der Waals surface area contributed by atoms with E-state index in [0.29, 0.717) is 24.8 Å². The predicted molar refractivity (Wildman–Crippen MR) is 229 cm³/mol. The molecule has 19 nitrogen and oxygen atoms in total. The maximum atomic E-state index is 14.1. The molecule has 1 saturated heterocycles. The number of benzene rings is 1. The van der Waals surface area contributed by atoms with Crippen molar-refractivity contribution in [3.63, 3.8) is 0 Å². The van der Waals surface area contributed by atoms with Crippen molar-refractivity contribution in [3.05, 3.63) is 35.9 Å². The zero-order chi connectivity index (χ0) is 47.0. The van der Waals surface area contributed by atoms with Gasteiger partial charge in [0.1, 0.15) is 42.3 Å². The summed E-state index contributed by atoms with van der Waals surface area (Å²) in [5, 5.41) is 34.7. The van der Waals surface area contributed by atoms with E-state index in [9.17, 15) is 48.3 Å². The number of carboxylic acids is 2. The summed E-state index contributed by atoms with van der Waals surface area (Å²) in [6.45, 7) is 15.6. The van der Waals surface area contributed by atoms with E-state index in [4.69, 9.17) is 10.8 Å². The minimum atomic E-state index is -1.42. The Labute approximate surface area is 363 Å². The van der Waals surface area contributed by atoms with Crippen LogP contribution in [0.5, 0.6) is 0 Å². The number of aliphatic carboxylic acids is 2. The van der Waals surface area contributed by atoms with Crippen LogP contribution in [-0.4, -0.2) is 123 Å². The maximum absolute atomic E-state index is 14.1. The molecule has 7 amide bonds. The van der Waals surface area contributed by atoms with E-state index < -0.39 is 126 Å². The fraction of sp³-hybridized carbons (Fsp3) is 0.651. The van der Waals surface area contributed by atoms with Crippen LogP contribution in [0.4, 0.5) is 0 Å². The molecule has 0 aliphatic carbocycles. The number of likely N-dealkylation sites (tertiary alicyclic amines) is 1. The Bertz CT molecular complexity index is 1740. The highest BCUT2D eigenvalue weighted by Gasteiger charge is 2.40. The highest BCUT2D eigenvalue weighted by Crippen LogP contribution is 2.21. The van der Waals surface area contributed by atoms with E-state index in [1.165, 1.54) is 11.8 Å². The van der Waals surface area contributed by atoms with E-state index in [0.717, 1.165) is 0 Å². The van der Waals surface area contributed by atoms with Gasteiger partial charge in [-0.15, -0.1) is 0 Å². The molecule has 346 valence electrons. The molecule has 1 heterocycles. The van der Waals surface area contributed by atoms with Crippen LogP contribution >= 0.6 is 0 Å². The smallest absolute Gasteiger partial charge is 0.326 e. The van der Waals surface area contributed by atoms with Crippen molar-refractivity contribution < 1.29 is 53.4 Å². The maximum Gasteiger partial charge on any atom is 0.326 e. The number of amides is 7. The van der Waals surface area contributed by atoms with Crippen molar-refractivity contribution >= 4 is 53.3 Å². The topological polar surface area (TPSA) is 296 Å². The first-order valence-electron chi connectivity index (χ1n) is 21.4. The summed E-state index contributed by atoms with van der Waals surface area (Å²) in [7, 11) is 0. The monoisotopic (exact) mass is 873 g/mol. The minimum absolute atomic E-state index is 0.00691. The van der Waals surface area contributed by atoms with Gasteiger partial charge in [-0.25, -0.2) is 4.79 Å². The Morgan fingerprint density at radius 1 is 0.677 bits per heavy atom. The number of nitrogens with two attached hydrogens (primary N) is 1. The van der Waals surface area contributed by atoms with E-state index in [1.54, 1.807) is 71.9 Å². The van der Waals surface area contributed by atoms with E-state index in [2.05, 4.69) is 31.9 Å². The molecule has 0 saturated carbocycles. The van der Waals surface area contributed by atoms with Gasteiger partial charge < -0.3 is 52.7 Å². The summed E-state index contributed by atoms with van der Waals surface area (Å²) in [6.07, 6.45) is 0.703. The Morgan fingerprint density at radius 3 is 1.74 bits per heavy atom. The second-order valence-electron chi connectivity index (χ2n) is 17.2. The number of hydrogen-bond acceptors (Lipinski definition) is 10. The van der Waals surface area contributed by atoms with Crippen LogP contribution in [0.2, 0.25) is 0 Å².